The van der Waals surface area contributed by atoms with E-state index in [1.165, 1.54) is 6.07 Å². The van der Waals surface area contributed by atoms with Crippen LogP contribution in [0.25, 0.3) is 0 Å². The van der Waals surface area contributed by atoms with Gasteiger partial charge in [0.2, 0.25) is 5.91 Å². The van der Waals surface area contributed by atoms with Crippen LogP contribution in [0.4, 0.5) is 14.5 Å². The molecule has 1 amide bonds. The predicted octanol–water partition coefficient (Wildman–Crippen LogP) is 3.83. The molecular weight excluding hydrogens is 366 g/mol. The van der Waals surface area contributed by atoms with E-state index in [0.717, 1.165) is 12.1 Å². The van der Waals surface area contributed by atoms with E-state index in [2.05, 4.69) is 5.32 Å². The number of halogens is 3. The number of thiocarbonyl (C=S) groups is 1. The maximum Gasteiger partial charge on any atom is 0.237 e. The van der Waals surface area contributed by atoms with E-state index in [1.54, 1.807) is 18.2 Å². The van der Waals surface area contributed by atoms with Crippen LogP contribution in [0.15, 0.2) is 36.4 Å². The lowest BCUT2D eigenvalue weighted by Crippen LogP contribution is -2.58. The van der Waals surface area contributed by atoms with Crippen molar-refractivity contribution in [2.75, 3.05) is 5.32 Å². The fourth-order valence-corrected chi connectivity index (χ4v) is 4.63. The molecule has 0 aromatic heterocycles. The molecule has 1 aliphatic heterocycles. The number of benzene rings is 2. The van der Waals surface area contributed by atoms with Gasteiger partial charge in [-0.25, -0.2) is 8.78 Å². The van der Waals surface area contributed by atoms with E-state index in [0.29, 0.717) is 34.0 Å². The molecule has 3 N–H and O–H groups in total. The Morgan fingerprint density at radius 2 is 1.92 bits per heavy atom. The van der Waals surface area contributed by atoms with E-state index in [4.69, 9.17) is 29.6 Å². The van der Waals surface area contributed by atoms with Crippen molar-refractivity contribution < 1.29 is 13.6 Å². The Morgan fingerprint density at radius 3 is 2.64 bits per heavy atom. The van der Waals surface area contributed by atoms with Gasteiger partial charge in [0.25, 0.3) is 0 Å². The first kappa shape index (κ1) is 16.6. The van der Waals surface area contributed by atoms with Crippen molar-refractivity contribution in [2.45, 2.75) is 23.8 Å². The largest absolute Gasteiger partial charge is 0.325 e. The Morgan fingerprint density at radius 1 is 1.16 bits per heavy atom. The summed E-state index contributed by atoms with van der Waals surface area (Å²) in [6.45, 7) is 0. The zero-order chi connectivity index (χ0) is 18.0. The van der Waals surface area contributed by atoms with Crippen LogP contribution in [0.5, 0.6) is 0 Å². The molecule has 2 aromatic carbocycles. The minimum Gasteiger partial charge on any atom is -0.325 e. The van der Waals surface area contributed by atoms with Crippen molar-refractivity contribution in [3.8, 4) is 0 Å². The standard InChI is InChI=1S/C18H13ClF2N2OS/c19-10-2-3-11-14(8-10)23-16(24)17(11)6-5-15(25)18(17,22)9-1-4-12(20)13(21)7-9/h1-4,7-8H,5-6,22H2,(H,23,24)/t17-,18+/m0/s1. The van der Waals surface area contributed by atoms with Gasteiger partial charge in [0, 0.05) is 15.6 Å². The molecule has 0 saturated heterocycles. The molecule has 1 aliphatic carbocycles. The Hall–Kier alpha value is -1.89. The number of amides is 1. The molecule has 3 nitrogen and oxygen atoms in total. The van der Waals surface area contributed by atoms with Gasteiger partial charge in [-0.15, -0.1) is 0 Å². The molecule has 0 bridgehead atoms. The van der Waals surface area contributed by atoms with Crippen molar-refractivity contribution in [3.63, 3.8) is 0 Å². The second-order valence-corrected chi connectivity index (χ2v) is 7.34. The summed E-state index contributed by atoms with van der Waals surface area (Å²) in [5, 5.41) is 3.29. The molecule has 128 valence electrons. The number of anilines is 1. The van der Waals surface area contributed by atoms with Crippen LogP contribution < -0.4 is 11.1 Å². The maximum atomic E-state index is 13.9. The second kappa shape index (κ2) is 5.30. The average Bonchev–Trinajstić information content (AvgIpc) is 3.00. The first-order valence-corrected chi connectivity index (χ1v) is 8.48. The van der Waals surface area contributed by atoms with Crippen molar-refractivity contribution in [1.29, 1.82) is 0 Å². The first-order valence-electron chi connectivity index (χ1n) is 7.70. The summed E-state index contributed by atoms with van der Waals surface area (Å²) < 4.78 is 27.3. The molecule has 2 aromatic rings. The van der Waals surface area contributed by atoms with Gasteiger partial charge >= 0.3 is 0 Å². The third kappa shape index (κ3) is 1.99. The van der Waals surface area contributed by atoms with Crippen LogP contribution in [-0.2, 0) is 15.7 Å². The van der Waals surface area contributed by atoms with Gasteiger partial charge in [-0.2, -0.15) is 0 Å². The molecule has 1 heterocycles. The number of carbonyl (C=O) groups excluding carboxylic acids is 1. The maximum absolute atomic E-state index is 13.9. The van der Waals surface area contributed by atoms with Gasteiger partial charge in [0.15, 0.2) is 11.6 Å². The van der Waals surface area contributed by atoms with E-state index in [1.807, 2.05) is 0 Å². The van der Waals surface area contributed by atoms with E-state index in [9.17, 15) is 13.6 Å². The zero-order valence-electron chi connectivity index (χ0n) is 12.9. The van der Waals surface area contributed by atoms with Crippen molar-refractivity contribution in [2.24, 2.45) is 5.73 Å². The van der Waals surface area contributed by atoms with E-state index in [-0.39, 0.29) is 11.5 Å². The van der Waals surface area contributed by atoms with Crippen molar-refractivity contribution in [3.05, 3.63) is 64.2 Å². The monoisotopic (exact) mass is 378 g/mol. The Balaban J connectivity index is 2.00. The Labute approximate surface area is 153 Å². The number of nitrogens with two attached hydrogens (primary N) is 1. The summed E-state index contributed by atoms with van der Waals surface area (Å²) in [6.07, 6.45) is 0.822. The van der Waals surface area contributed by atoms with Crippen LogP contribution >= 0.6 is 23.8 Å². The number of carbonyl (C=O) groups is 1. The summed E-state index contributed by atoms with van der Waals surface area (Å²) in [5.41, 5.74) is 5.64. The summed E-state index contributed by atoms with van der Waals surface area (Å²) in [6, 6.07) is 8.48. The number of nitrogens with one attached hydrogen (secondary N) is 1. The third-order valence-corrected chi connectivity index (χ3v) is 6.05. The molecule has 1 fully saturated rings. The zero-order valence-corrected chi connectivity index (χ0v) is 14.5. The minimum atomic E-state index is -1.42. The van der Waals surface area contributed by atoms with E-state index >= 15 is 0 Å². The third-order valence-electron chi connectivity index (χ3n) is 5.29. The summed E-state index contributed by atoms with van der Waals surface area (Å²) in [4.78, 5) is 13.4. The molecular formula is C18H13ClF2N2OS. The summed E-state index contributed by atoms with van der Waals surface area (Å²) in [5.74, 6) is -2.31. The van der Waals surface area contributed by atoms with Crippen LogP contribution in [0.1, 0.15) is 24.0 Å². The molecule has 7 heteroatoms. The van der Waals surface area contributed by atoms with Crippen LogP contribution in [0.2, 0.25) is 5.02 Å². The van der Waals surface area contributed by atoms with Crippen molar-refractivity contribution >= 4 is 40.3 Å². The molecule has 2 aliphatic rings. The van der Waals surface area contributed by atoms with Crippen molar-refractivity contribution in [1.82, 2.24) is 0 Å². The topological polar surface area (TPSA) is 55.1 Å². The number of hydrogen-bond acceptors (Lipinski definition) is 3. The molecule has 0 radical (unpaired) electrons. The molecule has 25 heavy (non-hydrogen) atoms. The van der Waals surface area contributed by atoms with Crippen LogP contribution in [0.3, 0.4) is 0 Å². The van der Waals surface area contributed by atoms with Gasteiger partial charge in [-0.1, -0.05) is 36.0 Å². The average molecular weight is 379 g/mol. The van der Waals surface area contributed by atoms with Gasteiger partial charge in [0.1, 0.15) is 5.41 Å². The molecule has 4 rings (SSSR count). The first-order chi connectivity index (χ1) is 11.8. The molecule has 1 saturated carbocycles. The molecule has 2 atom stereocenters. The van der Waals surface area contributed by atoms with Gasteiger partial charge in [-0.05, 0) is 48.2 Å². The highest BCUT2D eigenvalue weighted by Crippen LogP contribution is 2.56. The van der Waals surface area contributed by atoms with Gasteiger partial charge in [0.05, 0.1) is 5.54 Å². The molecule has 0 unspecified atom stereocenters. The Bertz CT molecular complexity index is 951. The number of rotatable bonds is 1. The normalized spacial score (nSPS) is 27.7. The Kier molecular flexibility index (Phi) is 3.51. The smallest absolute Gasteiger partial charge is 0.237 e. The van der Waals surface area contributed by atoms with E-state index < -0.39 is 22.6 Å². The minimum absolute atomic E-state index is 0.284. The lowest BCUT2D eigenvalue weighted by atomic mass is 9.65. The highest BCUT2D eigenvalue weighted by atomic mass is 35.5. The second-order valence-electron chi connectivity index (χ2n) is 6.41. The van der Waals surface area contributed by atoms with Crippen LogP contribution in [-0.4, -0.2) is 10.8 Å². The molecule has 1 spiro atoms. The van der Waals surface area contributed by atoms with Crippen LogP contribution in [0, 0.1) is 11.6 Å². The fraction of sp³-hybridized carbons (Fsp3) is 0.222. The summed E-state index contributed by atoms with van der Waals surface area (Å²) in [7, 11) is 0. The highest BCUT2D eigenvalue weighted by Gasteiger charge is 2.65. The lowest BCUT2D eigenvalue weighted by molar-refractivity contribution is -0.122. The quantitative estimate of drug-likeness (QED) is 0.741. The lowest BCUT2D eigenvalue weighted by Gasteiger charge is -2.39. The number of hydrogen-bond donors (Lipinski definition) is 2. The summed E-state index contributed by atoms with van der Waals surface area (Å²) >= 11 is 11.5. The van der Waals surface area contributed by atoms with Gasteiger partial charge < -0.3 is 11.1 Å². The fourth-order valence-electron chi connectivity index (χ4n) is 4.07. The highest BCUT2D eigenvalue weighted by molar-refractivity contribution is 7.80. The predicted molar refractivity (Wildman–Crippen MR) is 95.8 cm³/mol. The van der Waals surface area contributed by atoms with Gasteiger partial charge in [-0.3, -0.25) is 4.79 Å². The number of fused-ring (bicyclic) bond motifs is 2. The SMILES string of the molecule is N[C@]1(c2ccc(F)c(F)c2)C(=S)CC[C@]12C(=O)Nc1cc(Cl)ccc12.